The van der Waals surface area contributed by atoms with Crippen LogP contribution in [0.25, 0.3) is 0 Å². The molecule has 0 saturated heterocycles. The zero-order valence-corrected chi connectivity index (χ0v) is 39.5. The van der Waals surface area contributed by atoms with Gasteiger partial charge in [-0.1, -0.05) is 173 Å². The van der Waals surface area contributed by atoms with Gasteiger partial charge in [0.25, 0.3) is 0 Å². The lowest BCUT2D eigenvalue weighted by Crippen LogP contribution is -2.37. The van der Waals surface area contributed by atoms with Crippen molar-refractivity contribution in [1.29, 1.82) is 0 Å². The van der Waals surface area contributed by atoms with E-state index in [1.807, 2.05) is 25.8 Å². The fraction of sp³-hybridized carbons (Fsp3) is 0.913. The maximum atomic E-state index is 12.8. The predicted octanol–water partition coefficient (Wildman–Crippen LogP) is 11.9. The third-order valence-corrected chi connectivity index (χ3v) is 11.8. The molecule has 1 rings (SSSR count). The van der Waals surface area contributed by atoms with E-state index < -0.39 is 26.5 Å². The van der Waals surface area contributed by atoms with Crippen LogP contribution in [0.4, 0.5) is 0 Å². The first-order valence-corrected chi connectivity index (χ1v) is 25.6. The molecule has 0 aliphatic rings. The van der Waals surface area contributed by atoms with Gasteiger partial charge in [-0.25, -0.2) is 4.57 Å². The van der Waals surface area contributed by atoms with Crippen LogP contribution < -0.4 is 0 Å². The van der Waals surface area contributed by atoms with Gasteiger partial charge in [-0.05, 0) is 32.1 Å². The SMILES string of the molecule is CCCCCCCCCCCCCCCC(=O)OC[C@H](COP(=O)(O)OCC[N+](C)(C)C)OC(=O)CCCCCCCCCCCn1cc(CCCCCCCC)nn1. The van der Waals surface area contributed by atoms with E-state index >= 15 is 0 Å². The summed E-state index contributed by atoms with van der Waals surface area (Å²) in [5, 5.41) is 8.66. The summed E-state index contributed by atoms with van der Waals surface area (Å²) in [7, 11) is 1.46. The van der Waals surface area contributed by atoms with Crippen molar-refractivity contribution in [2.45, 2.75) is 226 Å². The molecule has 346 valence electrons. The van der Waals surface area contributed by atoms with Crippen LogP contribution in [0.3, 0.4) is 0 Å². The lowest BCUT2D eigenvalue weighted by molar-refractivity contribution is -0.870. The molecule has 0 spiro atoms. The number of unbranched alkanes of at least 4 members (excludes halogenated alkanes) is 25. The smallest absolute Gasteiger partial charge is 0.462 e. The van der Waals surface area contributed by atoms with Crippen LogP contribution in [-0.2, 0) is 45.6 Å². The highest BCUT2D eigenvalue weighted by molar-refractivity contribution is 7.47. The zero-order valence-electron chi connectivity index (χ0n) is 38.7. The molecule has 0 bridgehead atoms. The van der Waals surface area contributed by atoms with Crippen molar-refractivity contribution in [2.75, 3.05) is 47.5 Å². The van der Waals surface area contributed by atoms with Crippen molar-refractivity contribution < 1.29 is 42.1 Å². The van der Waals surface area contributed by atoms with Crippen LogP contribution in [0, 0.1) is 0 Å². The predicted molar refractivity (Wildman–Crippen MR) is 239 cm³/mol. The number of carbonyl (C=O) groups excluding carboxylic acids is 2. The van der Waals surface area contributed by atoms with Gasteiger partial charge in [0.15, 0.2) is 6.10 Å². The number of ether oxygens (including phenoxy) is 2. The minimum Gasteiger partial charge on any atom is -0.462 e. The Morgan fingerprint density at radius 1 is 0.644 bits per heavy atom. The molecule has 0 fully saturated rings. The molecule has 0 aromatic carbocycles. The fourth-order valence-corrected chi connectivity index (χ4v) is 7.72. The van der Waals surface area contributed by atoms with E-state index in [4.69, 9.17) is 18.5 Å². The first-order chi connectivity index (χ1) is 28.4. The number of aryl methyl sites for hydroxylation is 2. The van der Waals surface area contributed by atoms with Crippen molar-refractivity contribution in [3.63, 3.8) is 0 Å². The number of hydrogen-bond donors (Lipinski definition) is 1. The second-order valence-corrected chi connectivity index (χ2v) is 19.3. The highest BCUT2D eigenvalue weighted by Gasteiger charge is 2.27. The average Bonchev–Trinajstić information content (AvgIpc) is 3.64. The van der Waals surface area contributed by atoms with Gasteiger partial charge in [0.1, 0.15) is 19.8 Å². The first kappa shape index (κ1) is 55.2. The highest BCUT2D eigenvalue weighted by atomic mass is 31.2. The Hall–Kier alpha value is -1.85. The summed E-state index contributed by atoms with van der Waals surface area (Å²) in [6.45, 7) is 5.32. The molecule has 1 N–H and O–H groups in total. The van der Waals surface area contributed by atoms with Gasteiger partial charge in [0.05, 0.1) is 33.4 Å². The molecule has 1 heterocycles. The van der Waals surface area contributed by atoms with E-state index in [9.17, 15) is 19.0 Å². The van der Waals surface area contributed by atoms with E-state index in [1.165, 1.54) is 128 Å². The summed E-state index contributed by atoms with van der Waals surface area (Å²) in [6, 6.07) is 0. The van der Waals surface area contributed by atoms with E-state index in [0.29, 0.717) is 17.4 Å². The standard InChI is InChI=1S/C46H89N4O8P/c1-6-8-10-12-14-15-16-17-18-20-23-27-31-35-45(51)55-41-44(42-57-59(53,54)56-39-38-50(3,4)5)58-46(52)36-32-28-24-21-19-22-25-29-33-37-49-40-43(47-48-49)34-30-26-13-11-9-7-2/h40,44H,6-39,41-42H2,1-5H3/p+1/t44-/m1/s1. The Balaban J connectivity index is 2.26. The molecule has 2 atom stereocenters. The van der Waals surface area contributed by atoms with Crippen molar-refractivity contribution in [2.24, 2.45) is 0 Å². The molecule has 0 amide bonds. The quantitative estimate of drug-likeness (QED) is 0.0292. The van der Waals surface area contributed by atoms with Crippen LogP contribution in [0.2, 0.25) is 0 Å². The number of esters is 2. The number of hydrogen-bond acceptors (Lipinski definition) is 9. The Labute approximate surface area is 360 Å². The van der Waals surface area contributed by atoms with E-state index in [2.05, 4.69) is 30.4 Å². The molecule has 12 nitrogen and oxygen atoms in total. The van der Waals surface area contributed by atoms with Gasteiger partial charge < -0.3 is 18.9 Å². The molecule has 1 aromatic heterocycles. The van der Waals surface area contributed by atoms with E-state index in [0.717, 1.165) is 63.6 Å². The molecule has 0 saturated carbocycles. The average molecular weight is 858 g/mol. The second kappa shape index (κ2) is 36.8. The molecule has 13 heteroatoms. The Kier molecular flexibility index (Phi) is 34.4. The molecule has 59 heavy (non-hydrogen) atoms. The summed E-state index contributed by atoms with van der Waals surface area (Å²) in [4.78, 5) is 35.5. The monoisotopic (exact) mass is 858 g/mol. The summed E-state index contributed by atoms with van der Waals surface area (Å²) >= 11 is 0. The van der Waals surface area contributed by atoms with Crippen LogP contribution in [0.5, 0.6) is 0 Å². The number of aromatic nitrogens is 3. The Morgan fingerprint density at radius 2 is 1.10 bits per heavy atom. The van der Waals surface area contributed by atoms with Crippen LogP contribution in [0.1, 0.15) is 212 Å². The van der Waals surface area contributed by atoms with Gasteiger partial charge in [-0.3, -0.25) is 23.3 Å². The summed E-state index contributed by atoms with van der Waals surface area (Å²) < 4.78 is 36.4. The van der Waals surface area contributed by atoms with Gasteiger partial charge in [-0.15, -0.1) is 5.10 Å². The molecule has 0 radical (unpaired) electrons. The topological polar surface area (TPSA) is 139 Å². The van der Waals surface area contributed by atoms with E-state index in [1.54, 1.807) is 0 Å². The minimum absolute atomic E-state index is 0.0278. The second-order valence-electron chi connectivity index (χ2n) is 17.8. The van der Waals surface area contributed by atoms with Crippen LogP contribution >= 0.6 is 7.82 Å². The molecule has 1 aromatic rings. The van der Waals surface area contributed by atoms with Crippen molar-refractivity contribution in [1.82, 2.24) is 15.0 Å². The molecule has 0 aliphatic heterocycles. The fourth-order valence-electron chi connectivity index (χ4n) is 6.98. The number of phosphoric acid groups is 1. The summed E-state index contributed by atoms with van der Waals surface area (Å²) in [5.41, 5.74) is 1.11. The largest absolute Gasteiger partial charge is 0.472 e. The number of nitrogens with zero attached hydrogens (tertiary/aromatic N) is 4. The molecule has 1 unspecified atom stereocenters. The van der Waals surface area contributed by atoms with Gasteiger partial charge >= 0.3 is 19.8 Å². The molecular weight excluding hydrogens is 767 g/mol. The third-order valence-electron chi connectivity index (χ3n) is 10.8. The maximum absolute atomic E-state index is 12.8. The number of quaternary nitrogens is 1. The van der Waals surface area contributed by atoms with Crippen molar-refractivity contribution >= 4 is 19.8 Å². The summed E-state index contributed by atoms with van der Waals surface area (Å²) in [6.07, 6.45) is 36.0. The third kappa shape index (κ3) is 36.5. The minimum atomic E-state index is -4.38. The number of carbonyl (C=O) groups is 2. The number of phosphoric ester groups is 1. The highest BCUT2D eigenvalue weighted by Crippen LogP contribution is 2.43. The van der Waals surface area contributed by atoms with Crippen molar-refractivity contribution in [3.05, 3.63) is 11.9 Å². The Bertz CT molecular complexity index is 1190. The first-order valence-electron chi connectivity index (χ1n) is 24.1. The normalized spacial score (nSPS) is 13.4. The molecule has 0 aliphatic carbocycles. The summed E-state index contributed by atoms with van der Waals surface area (Å²) in [5.74, 6) is -0.810. The lowest BCUT2D eigenvalue weighted by atomic mass is 10.0. The maximum Gasteiger partial charge on any atom is 0.472 e. The zero-order chi connectivity index (χ0) is 43.3. The van der Waals surface area contributed by atoms with Gasteiger partial charge in [0, 0.05) is 25.6 Å². The van der Waals surface area contributed by atoms with Gasteiger partial charge in [-0.2, -0.15) is 0 Å². The van der Waals surface area contributed by atoms with Gasteiger partial charge in [0.2, 0.25) is 0 Å². The number of rotatable bonds is 43. The lowest BCUT2D eigenvalue weighted by Gasteiger charge is -2.24. The van der Waals surface area contributed by atoms with E-state index in [-0.39, 0.29) is 32.0 Å². The molecular formula is C46H90N4O8P+. The van der Waals surface area contributed by atoms with Crippen LogP contribution in [0.15, 0.2) is 6.20 Å². The number of likely N-dealkylation sites (N-methyl/N-ethyl adjacent to an activating group) is 1. The Morgan fingerprint density at radius 3 is 1.61 bits per heavy atom. The van der Waals surface area contributed by atoms with Crippen molar-refractivity contribution in [3.8, 4) is 0 Å². The van der Waals surface area contributed by atoms with Crippen LogP contribution in [-0.4, -0.2) is 89.9 Å².